The third kappa shape index (κ3) is 3.47. The largest absolute Gasteiger partial charge is 0.356 e. The van der Waals surface area contributed by atoms with Crippen LogP contribution in [-0.4, -0.2) is 42.1 Å². The number of carbonyl (C=O) groups is 1. The van der Waals surface area contributed by atoms with Crippen LogP contribution in [0.1, 0.15) is 67.2 Å². The Kier molecular flexibility index (Phi) is 4.59. The van der Waals surface area contributed by atoms with Gasteiger partial charge in [-0.25, -0.2) is 0 Å². The van der Waals surface area contributed by atoms with Crippen molar-refractivity contribution in [2.45, 2.75) is 52.0 Å². The summed E-state index contributed by atoms with van der Waals surface area (Å²) in [6.07, 6.45) is 3.73. The van der Waals surface area contributed by atoms with Gasteiger partial charge in [-0.15, -0.1) is 0 Å². The molecule has 4 heterocycles. The molecule has 8 nitrogen and oxygen atoms in total. The van der Waals surface area contributed by atoms with Crippen molar-refractivity contribution in [3.63, 3.8) is 0 Å². The number of rotatable bonds is 3. The minimum absolute atomic E-state index is 0.0108. The van der Waals surface area contributed by atoms with Gasteiger partial charge in [0.2, 0.25) is 0 Å². The molecule has 3 aromatic rings. The van der Waals surface area contributed by atoms with Gasteiger partial charge in [-0.05, 0) is 25.8 Å². The fourth-order valence-electron chi connectivity index (χ4n) is 3.91. The first-order valence-electron chi connectivity index (χ1n) is 9.98. The highest BCUT2D eigenvalue weighted by atomic mass is 16.5. The van der Waals surface area contributed by atoms with Gasteiger partial charge in [0.05, 0.1) is 28.7 Å². The second kappa shape index (κ2) is 6.86. The number of hydrogen-bond donors (Lipinski definition) is 0. The molecule has 4 rings (SSSR count). The van der Waals surface area contributed by atoms with Gasteiger partial charge in [0.15, 0.2) is 5.76 Å². The van der Waals surface area contributed by atoms with Crippen molar-refractivity contribution < 1.29 is 9.32 Å². The molecule has 1 amide bonds. The molecule has 1 atom stereocenters. The Balaban J connectivity index is 1.69. The Morgan fingerprint density at radius 3 is 2.59 bits per heavy atom. The zero-order valence-electron chi connectivity index (χ0n) is 17.9. The molecule has 0 N–H and O–H groups in total. The van der Waals surface area contributed by atoms with E-state index in [9.17, 15) is 4.79 Å². The third-order valence-corrected chi connectivity index (χ3v) is 5.45. The van der Waals surface area contributed by atoms with Gasteiger partial charge in [0.25, 0.3) is 5.91 Å². The molecule has 1 saturated heterocycles. The first-order valence-corrected chi connectivity index (χ1v) is 9.98. The highest BCUT2D eigenvalue weighted by Gasteiger charge is 2.36. The predicted molar refractivity (Wildman–Crippen MR) is 108 cm³/mol. The van der Waals surface area contributed by atoms with Crippen molar-refractivity contribution in [1.29, 1.82) is 0 Å². The molecule has 1 unspecified atom stereocenters. The Hall–Kier alpha value is -2.90. The van der Waals surface area contributed by atoms with Gasteiger partial charge in [-0.1, -0.05) is 25.9 Å². The van der Waals surface area contributed by atoms with Crippen LogP contribution in [0.25, 0.3) is 11.3 Å². The van der Waals surface area contributed by atoms with Gasteiger partial charge in [-0.3, -0.25) is 14.2 Å². The average molecular weight is 396 g/mol. The molecule has 154 valence electrons. The number of likely N-dealkylation sites (tertiary alicyclic amines) is 1. The van der Waals surface area contributed by atoms with E-state index in [0.29, 0.717) is 18.0 Å². The van der Waals surface area contributed by atoms with Crippen LogP contribution in [0.2, 0.25) is 0 Å². The summed E-state index contributed by atoms with van der Waals surface area (Å²) in [5.41, 5.74) is 3.97. The maximum absolute atomic E-state index is 13.4. The summed E-state index contributed by atoms with van der Waals surface area (Å²) in [6.45, 7) is 8.89. The minimum Gasteiger partial charge on any atom is -0.356 e. The number of aromatic nitrogens is 5. The average Bonchev–Trinajstić information content (AvgIpc) is 3.39. The van der Waals surface area contributed by atoms with Crippen LogP contribution in [0.5, 0.6) is 0 Å². The SMILES string of the molecule is Cc1cc(-c2cn(C)nc2C2CCCN2C(=O)c2cc(C(C)(C)C)nn2C)on1. The van der Waals surface area contributed by atoms with Crippen LogP contribution >= 0.6 is 0 Å². The van der Waals surface area contributed by atoms with E-state index in [-0.39, 0.29) is 17.4 Å². The highest BCUT2D eigenvalue weighted by molar-refractivity contribution is 5.93. The maximum atomic E-state index is 13.4. The smallest absolute Gasteiger partial charge is 0.272 e. The van der Waals surface area contributed by atoms with Crippen LogP contribution in [0.4, 0.5) is 0 Å². The van der Waals surface area contributed by atoms with E-state index < -0.39 is 0 Å². The van der Waals surface area contributed by atoms with E-state index in [0.717, 1.165) is 35.5 Å². The summed E-state index contributed by atoms with van der Waals surface area (Å²) >= 11 is 0. The lowest BCUT2D eigenvalue weighted by Crippen LogP contribution is -2.32. The summed E-state index contributed by atoms with van der Waals surface area (Å²) in [5.74, 6) is 0.670. The monoisotopic (exact) mass is 396 g/mol. The molecule has 1 fully saturated rings. The van der Waals surface area contributed by atoms with Crippen molar-refractivity contribution in [2.75, 3.05) is 6.54 Å². The normalized spacial score (nSPS) is 17.3. The molecule has 29 heavy (non-hydrogen) atoms. The second-order valence-corrected chi connectivity index (χ2v) is 8.88. The summed E-state index contributed by atoms with van der Waals surface area (Å²) in [6, 6.07) is 3.71. The molecule has 1 aliphatic rings. The highest BCUT2D eigenvalue weighted by Crippen LogP contribution is 2.38. The first kappa shape index (κ1) is 19.4. The molecule has 1 aliphatic heterocycles. The summed E-state index contributed by atoms with van der Waals surface area (Å²) < 4.78 is 8.94. The predicted octanol–water partition coefficient (Wildman–Crippen LogP) is 3.39. The van der Waals surface area contributed by atoms with Crippen LogP contribution < -0.4 is 0 Å². The molecule has 0 aliphatic carbocycles. The van der Waals surface area contributed by atoms with Gasteiger partial charge in [0.1, 0.15) is 5.69 Å². The molecule has 0 aromatic carbocycles. The Morgan fingerprint density at radius 2 is 1.97 bits per heavy atom. The topological polar surface area (TPSA) is 82.0 Å². The Morgan fingerprint density at radius 1 is 1.21 bits per heavy atom. The van der Waals surface area contributed by atoms with E-state index in [1.54, 1.807) is 9.36 Å². The molecule has 8 heteroatoms. The lowest BCUT2D eigenvalue weighted by Gasteiger charge is -2.24. The first-order chi connectivity index (χ1) is 13.6. The maximum Gasteiger partial charge on any atom is 0.272 e. The van der Waals surface area contributed by atoms with E-state index in [2.05, 4.69) is 36.1 Å². The van der Waals surface area contributed by atoms with Gasteiger partial charge in [0, 0.05) is 38.3 Å². The number of carbonyl (C=O) groups excluding carboxylic acids is 1. The van der Waals surface area contributed by atoms with Crippen molar-refractivity contribution in [2.24, 2.45) is 14.1 Å². The fraction of sp³-hybridized carbons (Fsp3) is 0.524. The number of hydrogen-bond acceptors (Lipinski definition) is 5. The van der Waals surface area contributed by atoms with E-state index in [1.165, 1.54) is 0 Å². The zero-order valence-corrected chi connectivity index (χ0v) is 17.9. The summed E-state index contributed by atoms with van der Waals surface area (Å²) in [7, 11) is 3.71. The molecule has 0 bridgehead atoms. The van der Waals surface area contributed by atoms with Gasteiger partial charge < -0.3 is 9.42 Å². The van der Waals surface area contributed by atoms with Crippen molar-refractivity contribution in [3.8, 4) is 11.3 Å². The lowest BCUT2D eigenvalue weighted by molar-refractivity contribution is 0.0721. The fourth-order valence-corrected chi connectivity index (χ4v) is 3.91. The number of nitrogens with zero attached hydrogens (tertiary/aromatic N) is 6. The standard InChI is InChI=1S/C21H28N6O2/c1-13-10-17(29-24-13)14-12-25(5)23-19(14)15-8-7-9-27(15)20(28)16-11-18(21(2,3)4)22-26(16)6/h10-12,15H,7-9H2,1-6H3. The zero-order chi connectivity index (χ0) is 20.9. The van der Waals surface area contributed by atoms with E-state index >= 15 is 0 Å². The van der Waals surface area contributed by atoms with E-state index in [4.69, 9.17) is 4.52 Å². The second-order valence-electron chi connectivity index (χ2n) is 8.88. The van der Waals surface area contributed by atoms with Crippen molar-refractivity contribution in [3.05, 3.63) is 41.1 Å². The molecular formula is C21H28N6O2. The summed E-state index contributed by atoms with van der Waals surface area (Å²) in [5, 5.41) is 13.3. The molecular weight excluding hydrogens is 368 g/mol. The Bertz CT molecular complexity index is 1050. The molecule has 0 spiro atoms. The quantitative estimate of drug-likeness (QED) is 0.678. The van der Waals surface area contributed by atoms with Gasteiger partial charge in [-0.2, -0.15) is 10.2 Å². The van der Waals surface area contributed by atoms with Gasteiger partial charge >= 0.3 is 0 Å². The molecule has 0 radical (unpaired) electrons. The van der Waals surface area contributed by atoms with Crippen LogP contribution in [-0.2, 0) is 19.5 Å². The molecule has 0 saturated carbocycles. The van der Waals surface area contributed by atoms with E-state index in [1.807, 2.05) is 44.2 Å². The Labute approximate surface area is 170 Å². The van der Waals surface area contributed by atoms with Crippen LogP contribution in [0.3, 0.4) is 0 Å². The van der Waals surface area contributed by atoms with Crippen LogP contribution in [0.15, 0.2) is 22.9 Å². The number of aryl methyl sites for hydroxylation is 3. The number of amides is 1. The minimum atomic E-state index is -0.112. The third-order valence-electron chi connectivity index (χ3n) is 5.45. The molecule has 3 aromatic heterocycles. The van der Waals surface area contributed by atoms with Crippen LogP contribution in [0, 0.1) is 6.92 Å². The summed E-state index contributed by atoms with van der Waals surface area (Å²) in [4.78, 5) is 15.4. The lowest BCUT2D eigenvalue weighted by atomic mass is 9.92. The van der Waals surface area contributed by atoms with Crippen molar-refractivity contribution in [1.82, 2.24) is 29.6 Å². The van der Waals surface area contributed by atoms with Crippen molar-refractivity contribution >= 4 is 5.91 Å².